The van der Waals surface area contributed by atoms with Crippen molar-refractivity contribution in [2.75, 3.05) is 32.8 Å². The number of nitrogens with zero attached hydrogens (tertiary/aromatic N) is 3. The third-order valence-corrected chi connectivity index (χ3v) is 7.06. The average Bonchev–Trinajstić information content (AvgIpc) is 3.23. The van der Waals surface area contributed by atoms with E-state index in [1.807, 2.05) is 0 Å². The van der Waals surface area contributed by atoms with Crippen molar-refractivity contribution in [2.24, 2.45) is 5.73 Å². The number of rotatable bonds is 6. The first kappa shape index (κ1) is 20.8. The Morgan fingerprint density at radius 1 is 1.10 bits per heavy atom. The van der Waals surface area contributed by atoms with E-state index in [-0.39, 0.29) is 43.6 Å². The lowest BCUT2D eigenvalue weighted by molar-refractivity contribution is -0.134. The SMILES string of the molecule is NC(=O)c1ccc(OCC(=O)N2CCN(S(=O)(=O)c3c[nH]c4ncccc34)CC2)cc1. The molecule has 1 aliphatic rings. The van der Waals surface area contributed by atoms with Crippen LogP contribution in [0.3, 0.4) is 0 Å². The number of aromatic nitrogens is 2. The van der Waals surface area contributed by atoms with Crippen LogP contribution in [0.15, 0.2) is 53.7 Å². The van der Waals surface area contributed by atoms with Gasteiger partial charge in [-0.3, -0.25) is 9.59 Å². The fourth-order valence-corrected chi connectivity index (χ4v) is 4.99. The Morgan fingerprint density at radius 2 is 1.81 bits per heavy atom. The topological polar surface area (TPSA) is 139 Å². The Morgan fingerprint density at radius 3 is 2.48 bits per heavy atom. The fraction of sp³-hybridized carbons (Fsp3) is 0.250. The second-order valence-electron chi connectivity index (χ2n) is 7.01. The van der Waals surface area contributed by atoms with Gasteiger partial charge >= 0.3 is 0 Å². The molecule has 162 valence electrons. The molecule has 0 spiro atoms. The zero-order chi connectivity index (χ0) is 22.0. The maximum Gasteiger partial charge on any atom is 0.260 e. The summed E-state index contributed by atoms with van der Waals surface area (Å²) in [5.41, 5.74) is 6.05. The van der Waals surface area contributed by atoms with Gasteiger partial charge in [0.2, 0.25) is 15.9 Å². The lowest BCUT2D eigenvalue weighted by atomic mass is 10.2. The number of nitrogens with one attached hydrogen (secondary N) is 1. The third kappa shape index (κ3) is 4.23. The Labute approximate surface area is 178 Å². The van der Waals surface area contributed by atoms with Crippen molar-refractivity contribution in [3.05, 3.63) is 54.4 Å². The van der Waals surface area contributed by atoms with Crippen LogP contribution in [0, 0.1) is 0 Å². The van der Waals surface area contributed by atoms with E-state index in [0.717, 1.165) is 0 Å². The predicted octanol–water partition coefficient (Wildman–Crippen LogP) is 0.574. The zero-order valence-electron chi connectivity index (χ0n) is 16.5. The highest BCUT2D eigenvalue weighted by Gasteiger charge is 2.32. The Bertz CT molecular complexity index is 1210. The van der Waals surface area contributed by atoms with Gasteiger partial charge in [0, 0.05) is 49.5 Å². The minimum absolute atomic E-state index is 0.179. The molecule has 1 aromatic carbocycles. The van der Waals surface area contributed by atoms with Gasteiger partial charge in [-0.25, -0.2) is 13.4 Å². The molecule has 0 saturated carbocycles. The molecule has 1 fully saturated rings. The highest BCUT2D eigenvalue weighted by molar-refractivity contribution is 7.89. The Balaban J connectivity index is 1.34. The van der Waals surface area contributed by atoms with Crippen LogP contribution in [0.2, 0.25) is 0 Å². The van der Waals surface area contributed by atoms with E-state index >= 15 is 0 Å². The van der Waals surface area contributed by atoms with Gasteiger partial charge < -0.3 is 20.4 Å². The maximum atomic E-state index is 13.0. The van der Waals surface area contributed by atoms with Crippen LogP contribution < -0.4 is 10.5 Å². The largest absolute Gasteiger partial charge is 0.484 e. The molecule has 0 bridgehead atoms. The van der Waals surface area contributed by atoms with Gasteiger partial charge in [0.15, 0.2) is 6.61 Å². The van der Waals surface area contributed by atoms with Gasteiger partial charge in [-0.15, -0.1) is 0 Å². The number of H-pyrrole nitrogens is 1. The quantitative estimate of drug-likeness (QED) is 0.571. The monoisotopic (exact) mass is 443 g/mol. The number of amides is 2. The molecule has 3 aromatic rings. The number of fused-ring (bicyclic) bond motifs is 1. The van der Waals surface area contributed by atoms with E-state index in [0.29, 0.717) is 22.3 Å². The number of hydrogen-bond donors (Lipinski definition) is 2. The summed E-state index contributed by atoms with van der Waals surface area (Å²) < 4.78 is 32.9. The minimum atomic E-state index is -3.71. The van der Waals surface area contributed by atoms with Crippen LogP contribution in [0.1, 0.15) is 10.4 Å². The molecule has 1 saturated heterocycles. The van der Waals surface area contributed by atoms with E-state index in [1.54, 1.807) is 35.4 Å². The van der Waals surface area contributed by atoms with E-state index in [4.69, 9.17) is 10.5 Å². The van der Waals surface area contributed by atoms with Crippen molar-refractivity contribution in [3.8, 4) is 5.75 Å². The number of piperazine rings is 1. The number of aromatic amines is 1. The number of ether oxygens (including phenoxy) is 1. The second kappa shape index (κ2) is 8.36. The highest BCUT2D eigenvalue weighted by atomic mass is 32.2. The summed E-state index contributed by atoms with van der Waals surface area (Å²) in [6.07, 6.45) is 3.04. The van der Waals surface area contributed by atoms with E-state index < -0.39 is 15.9 Å². The molecule has 2 amide bonds. The normalized spacial score (nSPS) is 15.2. The average molecular weight is 443 g/mol. The molecule has 0 atom stereocenters. The number of nitrogens with two attached hydrogens (primary N) is 1. The number of carbonyl (C=O) groups excluding carboxylic acids is 2. The van der Waals surface area contributed by atoms with E-state index in [2.05, 4.69) is 9.97 Å². The third-order valence-electron chi connectivity index (χ3n) is 5.12. The summed E-state index contributed by atoms with van der Waals surface area (Å²) in [5, 5.41) is 0.539. The summed E-state index contributed by atoms with van der Waals surface area (Å²) >= 11 is 0. The molecule has 3 heterocycles. The van der Waals surface area contributed by atoms with Gasteiger partial charge in [0.1, 0.15) is 16.3 Å². The maximum absolute atomic E-state index is 13.0. The van der Waals surface area contributed by atoms with Crippen molar-refractivity contribution in [1.29, 1.82) is 0 Å². The molecule has 31 heavy (non-hydrogen) atoms. The summed E-state index contributed by atoms with van der Waals surface area (Å²) in [6, 6.07) is 9.56. The van der Waals surface area contributed by atoms with Crippen LogP contribution in [0.5, 0.6) is 5.75 Å². The van der Waals surface area contributed by atoms with Gasteiger partial charge in [0.25, 0.3) is 5.91 Å². The van der Waals surface area contributed by atoms with Crippen LogP contribution in [-0.2, 0) is 14.8 Å². The van der Waals surface area contributed by atoms with Crippen molar-refractivity contribution >= 4 is 32.9 Å². The first-order valence-corrected chi connectivity index (χ1v) is 11.0. The number of primary amides is 1. The van der Waals surface area contributed by atoms with Crippen molar-refractivity contribution in [2.45, 2.75) is 4.90 Å². The number of sulfonamides is 1. The second-order valence-corrected chi connectivity index (χ2v) is 8.92. The minimum Gasteiger partial charge on any atom is -0.484 e. The molecule has 10 nitrogen and oxygen atoms in total. The molecule has 3 N–H and O–H groups in total. The van der Waals surface area contributed by atoms with Crippen LogP contribution in [0.25, 0.3) is 11.0 Å². The van der Waals surface area contributed by atoms with Crippen LogP contribution in [0.4, 0.5) is 0 Å². The molecule has 2 aromatic heterocycles. The summed E-state index contributed by atoms with van der Waals surface area (Å²) in [7, 11) is -3.71. The molecule has 0 radical (unpaired) electrons. The Hall–Kier alpha value is -3.44. The van der Waals surface area contributed by atoms with Gasteiger partial charge in [-0.1, -0.05) is 0 Å². The van der Waals surface area contributed by atoms with Gasteiger partial charge in [0.05, 0.1) is 0 Å². The molecule has 0 aliphatic carbocycles. The standard InChI is InChI=1S/C20H21N5O5S/c21-19(27)14-3-5-15(6-4-14)30-13-18(26)24-8-10-25(11-9-24)31(28,29)17-12-23-20-16(17)2-1-7-22-20/h1-7,12H,8-11,13H2,(H2,21,27)(H,22,23). The highest BCUT2D eigenvalue weighted by Crippen LogP contribution is 2.25. The predicted molar refractivity (Wildman–Crippen MR) is 112 cm³/mol. The smallest absolute Gasteiger partial charge is 0.260 e. The summed E-state index contributed by atoms with van der Waals surface area (Å²) in [4.78, 5) is 32.3. The molecule has 11 heteroatoms. The molecule has 4 rings (SSSR count). The summed E-state index contributed by atoms with van der Waals surface area (Å²) in [6.45, 7) is 0.727. The van der Waals surface area contributed by atoms with Crippen LogP contribution >= 0.6 is 0 Å². The number of carbonyl (C=O) groups is 2. The van der Waals surface area contributed by atoms with E-state index in [9.17, 15) is 18.0 Å². The lowest BCUT2D eigenvalue weighted by Gasteiger charge is -2.33. The van der Waals surface area contributed by atoms with Crippen molar-refractivity contribution in [1.82, 2.24) is 19.2 Å². The Kier molecular flexibility index (Phi) is 5.61. The molecule has 0 unspecified atom stereocenters. The number of benzene rings is 1. The molecule has 1 aliphatic heterocycles. The van der Waals surface area contributed by atoms with Crippen LogP contribution in [-0.4, -0.2) is 72.2 Å². The first-order valence-electron chi connectivity index (χ1n) is 9.59. The fourth-order valence-electron chi connectivity index (χ4n) is 3.41. The van der Waals surface area contributed by atoms with Gasteiger partial charge in [-0.2, -0.15) is 4.31 Å². The lowest BCUT2D eigenvalue weighted by Crippen LogP contribution is -2.51. The molecular formula is C20H21N5O5S. The van der Waals surface area contributed by atoms with Crippen molar-refractivity contribution in [3.63, 3.8) is 0 Å². The van der Waals surface area contributed by atoms with Crippen molar-refractivity contribution < 1.29 is 22.7 Å². The number of pyridine rings is 1. The number of hydrogen-bond acceptors (Lipinski definition) is 6. The first-order chi connectivity index (χ1) is 14.9. The zero-order valence-corrected chi connectivity index (χ0v) is 17.3. The van der Waals surface area contributed by atoms with E-state index in [1.165, 1.54) is 22.6 Å². The summed E-state index contributed by atoms with van der Waals surface area (Å²) in [5.74, 6) is -0.348. The molecular weight excluding hydrogens is 422 g/mol. The van der Waals surface area contributed by atoms with Gasteiger partial charge in [-0.05, 0) is 36.4 Å².